The summed E-state index contributed by atoms with van der Waals surface area (Å²) in [4.78, 5) is 30.4. The van der Waals surface area contributed by atoms with Crippen LogP contribution in [0.4, 0.5) is 0 Å². The van der Waals surface area contributed by atoms with Crippen molar-refractivity contribution in [2.45, 2.75) is 64.8 Å². The van der Waals surface area contributed by atoms with E-state index in [0.717, 1.165) is 76.2 Å². The van der Waals surface area contributed by atoms with Gasteiger partial charge in [-0.25, -0.2) is 0 Å². The standard InChI is InChI=1S/C27H39N3O2/c1-20-5-2-3-6-24(20)19-29-9-4-10-30(12-11-29)25(31)7-8-28-26(32)27-16-21-13-22(17-27)15-23(14-21)18-27/h2-3,5-6,21-23H,4,7-19H2,1H3,(H,28,32). The Hall–Kier alpha value is -1.88. The lowest BCUT2D eigenvalue weighted by molar-refractivity contribution is -0.146. The van der Waals surface area contributed by atoms with E-state index >= 15 is 0 Å². The number of hydrogen-bond donors (Lipinski definition) is 1. The molecule has 4 saturated carbocycles. The minimum Gasteiger partial charge on any atom is -0.355 e. The minimum absolute atomic E-state index is 0.115. The first-order valence-corrected chi connectivity index (χ1v) is 12.8. The van der Waals surface area contributed by atoms with E-state index in [1.807, 2.05) is 4.90 Å². The summed E-state index contributed by atoms with van der Waals surface area (Å²) in [6.07, 6.45) is 8.74. The van der Waals surface area contributed by atoms with Gasteiger partial charge in [0.2, 0.25) is 11.8 Å². The topological polar surface area (TPSA) is 52.6 Å². The molecule has 1 aromatic carbocycles. The van der Waals surface area contributed by atoms with Crippen molar-refractivity contribution in [3.05, 3.63) is 35.4 Å². The minimum atomic E-state index is -0.115. The second-order valence-corrected chi connectivity index (χ2v) is 11.1. The van der Waals surface area contributed by atoms with Gasteiger partial charge in [-0.05, 0) is 80.8 Å². The van der Waals surface area contributed by atoms with Crippen LogP contribution < -0.4 is 5.32 Å². The molecule has 0 aromatic heterocycles. The van der Waals surface area contributed by atoms with Gasteiger partial charge in [-0.15, -0.1) is 0 Å². The van der Waals surface area contributed by atoms with Crippen molar-refractivity contribution in [1.29, 1.82) is 0 Å². The molecule has 174 valence electrons. The molecule has 0 radical (unpaired) electrons. The van der Waals surface area contributed by atoms with Crippen molar-refractivity contribution >= 4 is 11.8 Å². The van der Waals surface area contributed by atoms with Gasteiger partial charge in [0.1, 0.15) is 0 Å². The molecule has 2 amide bonds. The van der Waals surface area contributed by atoms with E-state index in [4.69, 9.17) is 0 Å². The van der Waals surface area contributed by atoms with Crippen LogP contribution in [0.3, 0.4) is 0 Å². The Bertz CT molecular complexity index is 816. The van der Waals surface area contributed by atoms with Crippen LogP contribution in [-0.4, -0.2) is 54.3 Å². The van der Waals surface area contributed by atoms with Crippen LogP contribution >= 0.6 is 0 Å². The number of nitrogens with one attached hydrogen (secondary N) is 1. The smallest absolute Gasteiger partial charge is 0.226 e. The monoisotopic (exact) mass is 437 g/mol. The van der Waals surface area contributed by atoms with E-state index < -0.39 is 0 Å². The van der Waals surface area contributed by atoms with Crippen molar-refractivity contribution in [3.8, 4) is 0 Å². The van der Waals surface area contributed by atoms with Crippen molar-refractivity contribution < 1.29 is 9.59 Å². The third kappa shape index (κ3) is 4.59. The van der Waals surface area contributed by atoms with Crippen LogP contribution in [0.2, 0.25) is 0 Å². The molecule has 1 N–H and O–H groups in total. The second kappa shape index (κ2) is 9.17. The van der Waals surface area contributed by atoms with Gasteiger partial charge in [-0.2, -0.15) is 0 Å². The van der Waals surface area contributed by atoms with Crippen LogP contribution in [0.5, 0.6) is 0 Å². The molecule has 1 saturated heterocycles. The quantitative estimate of drug-likeness (QED) is 0.737. The first kappa shape index (κ1) is 21.9. The van der Waals surface area contributed by atoms with Crippen LogP contribution in [0, 0.1) is 30.1 Å². The molecule has 1 aliphatic heterocycles. The number of rotatable bonds is 6. The van der Waals surface area contributed by atoms with E-state index in [9.17, 15) is 9.59 Å². The molecule has 0 atom stereocenters. The van der Waals surface area contributed by atoms with Gasteiger partial charge in [0.15, 0.2) is 0 Å². The molecular weight excluding hydrogens is 398 g/mol. The molecule has 5 heteroatoms. The summed E-state index contributed by atoms with van der Waals surface area (Å²) < 4.78 is 0. The lowest BCUT2D eigenvalue weighted by atomic mass is 9.49. The van der Waals surface area contributed by atoms with Crippen LogP contribution in [-0.2, 0) is 16.1 Å². The van der Waals surface area contributed by atoms with Gasteiger partial charge in [-0.3, -0.25) is 14.5 Å². The maximum atomic E-state index is 13.1. The molecule has 5 nitrogen and oxygen atoms in total. The third-order valence-electron chi connectivity index (χ3n) is 8.74. The van der Waals surface area contributed by atoms with Gasteiger partial charge >= 0.3 is 0 Å². The Morgan fingerprint density at radius 2 is 1.66 bits per heavy atom. The molecule has 32 heavy (non-hydrogen) atoms. The highest BCUT2D eigenvalue weighted by molar-refractivity contribution is 5.84. The summed E-state index contributed by atoms with van der Waals surface area (Å²) in [6, 6.07) is 8.56. The lowest BCUT2D eigenvalue weighted by Crippen LogP contribution is -2.53. The van der Waals surface area contributed by atoms with E-state index in [2.05, 4.69) is 41.4 Å². The van der Waals surface area contributed by atoms with Crippen molar-refractivity contribution in [3.63, 3.8) is 0 Å². The Morgan fingerprint density at radius 3 is 2.34 bits per heavy atom. The number of carbonyl (C=O) groups is 2. The van der Waals surface area contributed by atoms with Gasteiger partial charge in [0.25, 0.3) is 0 Å². The number of amides is 2. The summed E-state index contributed by atoms with van der Waals surface area (Å²) in [6.45, 7) is 7.17. The molecule has 0 spiro atoms. The maximum Gasteiger partial charge on any atom is 0.226 e. The molecule has 4 bridgehead atoms. The zero-order valence-corrected chi connectivity index (χ0v) is 19.7. The van der Waals surface area contributed by atoms with Gasteiger partial charge in [-0.1, -0.05) is 24.3 Å². The molecule has 5 fully saturated rings. The first-order chi connectivity index (χ1) is 15.5. The Labute approximate surface area is 192 Å². The Morgan fingerprint density at radius 1 is 0.969 bits per heavy atom. The Balaban J connectivity index is 1.07. The highest BCUT2D eigenvalue weighted by Gasteiger charge is 2.54. The number of aryl methyl sites for hydroxylation is 1. The van der Waals surface area contributed by atoms with Crippen molar-refractivity contribution in [2.75, 3.05) is 32.7 Å². The highest BCUT2D eigenvalue weighted by Crippen LogP contribution is 2.60. The average molecular weight is 438 g/mol. The summed E-state index contributed by atoms with van der Waals surface area (Å²) in [5.74, 6) is 2.74. The van der Waals surface area contributed by atoms with E-state index in [1.54, 1.807) is 0 Å². The molecule has 4 aliphatic carbocycles. The number of hydrogen-bond acceptors (Lipinski definition) is 3. The lowest BCUT2D eigenvalue weighted by Gasteiger charge is -2.55. The predicted octanol–water partition coefficient (Wildman–Crippen LogP) is 3.75. The number of carbonyl (C=O) groups excluding carboxylic acids is 2. The summed E-state index contributed by atoms with van der Waals surface area (Å²) >= 11 is 0. The number of nitrogens with zero attached hydrogens (tertiary/aromatic N) is 2. The van der Waals surface area contributed by atoms with Crippen LogP contribution in [0.15, 0.2) is 24.3 Å². The fourth-order valence-corrected chi connectivity index (χ4v) is 7.42. The van der Waals surface area contributed by atoms with E-state index in [-0.39, 0.29) is 17.2 Å². The molecule has 5 aliphatic rings. The van der Waals surface area contributed by atoms with Gasteiger partial charge in [0.05, 0.1) is 0 Å². The molecular formula is C27H39N3O2. The van der Waals surface area contributed by atoms with Crippen molar-refractivity contribution in [2.24, 2.45) is 23.2 Å². The van der Waals surface area contributed by atoms with E-state index in [1.165, 1.54) is 30.4 Å². The summed E-state index contributed by atoms with van der Waals surface area (Å²) in [5.41, 5.74) is 2.59. The molecule has 1 heterocycles. The molecule has 6 rings (SSSR count). The maximum absolute atomic E-state index is 13.1. The summed E-state index contributed by atoms with van der Waals surface area (Å²) in [7, 11) is 0. The fourth-order valence-electron chi connectivity index (χ4n) is 7.42. The predicted molar refractivity (Wildman–Crippen MR) is 126 cm³/mol. The van der Waals surface area contributed by atoms with E-state index in [0.29, 0.717) is 13.0 Å². The molecule has 1 aromatic rings. The largest absolute Gasteiger partial charge is 0.355 e. The normalized spacial score (nSPS) is 32.0. The SMILES string of the molecule is Cc1ccccc1CN1CCCN(C(=O)CCNC(=O)C23CC4CC(CC(C4)C2)C3)CC1. The number of benzene rings is 1. The van der Waals surface area contributed by atoms with Gasteiger partial charge in [0, 0.05) is 51.1 Å². The zero-order chi connectivity index (χ0) is 22.1. The Kier molecular flexibility index (Phi) is 6.28. The van der Waals surface area contributed by atoms with Crippen LogP contribution in [0.1, 0.15) is 62.5 Å². The van der Waals surface area contributed by atoms with Crippen LogP contribution in [0.25, 0.3) is 0 Å². The third-order valence-corrected chi connectivity index (χ3v) is 8.74. The van der Waals surface area contributed by atoms with Gasteiger partial charge < -0.3 is 10.2 Å². The first-order valence-electron chi connectivity index (χ1n) is 12.8. The highest BCUT2D eigenvalue weighted by atomic mass is 16.2. The molecule has 0 unspecified atom stereocenters. The average Bonchev–Trinajstić information content (AvgIpc) is 3.00. The van der Waals surface area contributed by atoms with Crippen molar-refractivity contribution in [1.82, 2.24) is 15.1 Å². The zero-order valence-electron chi connectivity index (χ0n) is 19.7. The second-order valence-electron chi connectivity index (χ2n) is 11.1. The summed E-state index contributed by atoms with van der Waals surface area (Å²) in [5, 5.41) is 3.18. The fraction of sp³-hybridized carbons (Fsp3) is 0.704.